The van der Waals surface area contributed by atoms with Crippen molar-refractivity contribution in [3.8, 4) is 0 Å². The first-order valence-electron chi connectivity index (χ1n) is 8.76. The van der Waals surface area contributed by atoms with Crippen LogP contribution in [0.3, 0.4) is 0 Å². The Morgan fingerprint density at radius 2 is 1.90 bits per heavy atom. The summed E-state index contributed by atoms with van der Waals surface area (Å²) in [5.74, 6) is -0.0477. The van der Waals surface area contributed by atoms with Crippen molar-refractivity contribution in [1.82, 2.24) is 9.80 Å². The standard InChI is InChI=1S/C17H32N2O2/c1-14(2)18-10-4-6-16(9-12-18)19-11-3-5-15(13-19)7-8-17(20)21/h14-16H,3-13H2,1-2H3,(H,20,21). The van der Waals surface area contributed by atoms with Gasteiger partial charge in [0.1, 0.15) is 0 Å². The molecule has 2 fully saturated rings. The van der Waals surface area contributed by atoms with Crippen LogP contribution in [-0.4, -0.2) is 59.1 Å². The van der Waals surface area contributed by atoms with Gasteiger partial charge >= 0.3 is 5.97 Å². The van der Waals surface area contributed by atoms with Crippen LogP contribution in [0.25, 0.3) is 0 Å². The molecular weight excluding hydrogens is 264 g/mol. The van der Waals surface area contributed by atoms with Crippen LogP contribution in [-0.2, 0) is 4.79 Å². The summed E-state index contributed by atoms with van der Waals surface area (Å²) >= 11 is 0. The number of carbonyl (C=O) groups is 1. The maximum Gasteiger partial charge on any atom is 0.303 e. The summed E-state index contributed by atoms with van der Waals surface area (Å²) in [6, 6.07) is 1.38. The summed E-state index contributed by atoms with van der Waals surface area (Å²) < 4.78 is 0. The van der Waals surface area contributed by atoms with Crippen LogP contribution in [0.2, 0.25) is 0 Å². The lowest BCUT2D eigenvalue weighted by Crippen LogP contribution is -2.43. The van der Waals surface area contributed by atoms with Gasteiger partial charge in [0.2, 0.25) is 0 Å². The first kappa shape index (κ1) is 16.8. The van der Waals surface area contributed by atoms with Gasteiger partial charge in [0.15, 0.2) is 0 Å². The van der Waals surface area contributed by atoms with Gasteiger partial charge in [-0.1, -0.05) is 0 Å². The van der Waals surface area contributed by atoms with Gasteiger partial charge in [0.05, 0.1) is 0 Å². The molecule has 2 unspecified atom stereocenters. The van der Waals surface area contributed by atoms with E-state index in [0.29, 0.717) is 18.4 Å². The molecule has 2 atom stereocenters. The number of hydrogen-bond acceptors (Lipinski definition) is 3. The first-order chi connectivity index (χ1) is 10.1. The summed E-state index contributed by atoms with van der Waals surface area (Å²) in [6.07, 6.45) is 7.56. The van der Waals surface area contributed by atoms with E-state index in [2.05, 4.69) is 23.6 Å². The molecule has 2 saturated heterocycles. The average molecular weight is 296 g/mol. The third-order valence-electron chi connectivity index (χ3n) is 5.30. The lowest BCUT2D eigenvalue weighted by atomic mass is 9.91. The van der Waals surface area contributed by atoms with Gasteiger partial charge in [-0.3, -0.25) is 4.79 Å². The Balaban J connectivity index is 1.81. The average Bonchev–Trinajstić information content (AvgIpc) is 2.71. The van der Waals surface area contributed by atoms with Crippen LogP contribution in [0, 0.1) is 5.92 Å². The number of hydrogen-bond donors (Lipinski definition) is 1. The summed E-state index contributed by atoms with van der Waals surface area (Å²) in [6.45, 7) is 9.39. The predicted octanol–water partition coefficient (Wildman–Crippen LogP) is 2.83. The van der Waals surface area contributed by atoms with Crippen LogP contribution >= 0.6 is 0 Å². The Labute approximate surface area is 129 Å². The molecule has 1 N–H and O–H groups in total. The number of carboxylic acid groups (broad SMARTS) is 1. The Kier molecular flexibility index (Phi) is 6.49. The van der Waals surface area contributed by atoms with Gasteiger partial charge in [-0.15, -0.1) is 0 Å². The molecule has 4 heteroatoms. The summed E-state index contributed by atoms with van der Waals surface area (Å²) in [4.78, 5) is 16.0. The molecule has 0 aromatic rings. The van der Waals surface area contributed by atoms with Gasteiger partial charge in [-0.05, 0) is 77.9 Å². The van der Waals surface area contributed by atoms with Crippen molar-refractivity contribution in [2.45, 2.75) is 70.9 Å². The van der Waals surface area contributed by atoms with Crippen LogP contribution in [0.15, 0.2) is 0 Å². The topological polar surface area (TPSA) is 43.8 Å². The monoisotopic (exact) mass is 296 g/mol. The number of rotatable bonds is 5. The van der Waals surface area contributed by atoms with Crippen LogP contribution in [0.4, 0.5) is 0 Å². The fraction of sp³-hybridized carbons (Fsp3) is 0.941. The largest absolute Gasteiger partial charge is 0.481 e. The third-order valence-corrected chi connectivity index (χ3v) is 5.30. The fourth-order valence-corrected chi connectivity index (χ4v) is 3.97. The van der Waals surface area contributed by atoms with E-state index in [-0.39, 0.29) is 0 Å². The molecule has 2 rings (SSSR count). The molecule has 0 bridgehead atoms. The van der Waals surface area contributed by atoms with Crippen molar-refractivity contribution in [2.75, 3.05) is 26.2 Å². The molecule has 0 amide bonds. The molecule has 0 aromatic heterocycles. The SMILES string of the molecule is CC(C)N1CCCC(N2CCCC(CCC(=O)O)C2)CC1. The maximum atomic E-state index is 10.8. The zero-order chi connectivity index (χ0) is 15.2. The van der Waals surface area contributed by atoms with Gasteiger partial charge in [-0.25, -0.2) is 0 Å². The van der Waals surface area contributed by atoms with E-state index < -0.39 is 5.97 Å². The fourth-order valence-electron chi connectivity index (χ4n) is 3.97. The number of piperidine rings is 1. The molecule has 0 saturated carbocycles. The number of likely N-dealkylation sites (tertiary alicyclic amines) is 2. The third kappa shape index (κ3) is 5.26. The second kappa shape index (κ2) is 8.14. The highest BCUT2D eigenvalue weighted by molar-refractivity contribution is 5.66. The molecule has 0 spiro atoms. The maximum absolute atomic E-state index is 10.8. The molecule has 0 radical (unpaired) electrons. The Morgan fingerprint density at radius 1 is 1.14 bits per heavy atom. The molecular formula is C17H32N2O2. The van der Waals surface area contributed by atoms with E-state index in [9.17, 15) is 4.79 Å². The molecule has 4 nitrogen and oxygen atoms in total. The van der Waals surface area contributed by atoms with Gasteiger partial charge in [-0.2, -0.15) is 0 Å². The highest BCUT2D eigenvalue weighted by Crippen LogP contribution is 2.26. The van der Waals surface area contributed by atoms with E-state index in [1.54, 1.807) is 0 Å². The van der Waals surface area contributed by atoms with Gasteiger partial charge in [0.25, 0.3) is 0 Å². The molecule has 0 aliphatic carbocycles. The molecule has 0 aromatic carbocycles. The van der Waals surface area contributed by atoms with E-state index >= 15 is 0 Å². The normalized spacial score (nSPS) is 29.5. The molecule has 2 heterocycles. The zero-order valence-corrected chi connectivity index (χ0v) is 13.8. The highest BCUT2D eigenvalue weighted by atomic mass is 16.4. The summed E-state index contributed by atoms with van der Waals surface area (Å²) in [5.41, 5.74) is 0. The Morgan fingerprint density at radius 3 is 2.62 bits per heavy atom. The first-order valence-corrected chi connectivity index (χ1v) is 8.76. The summed E-state index contributed by atoms with van der Waals surface area (Å²) in [7, 11) is 0. The van der Waals surface area contributed by atoms with Crippen molar-refractivity contribution >= 4 is 5.97 Å². The van der Waals surface area contributed by atoms with Crippen molar-refractivity contribution < 1.29 is 9.90 Å². The second-order valence-corrected chi connectivity index (χ2v) is 7.15. The lowest BCUT2D eigenvalue weighted by Gasteiger charge is -2.38. The lowest BCUT2D eigenvalue weighted by molar-refractivity contribution is -0.137. The molecule has 2 aliphatic rings. The number of carboxylic acids is 1. The van der Waals surface area contributed by atoms with Crippen LogP contribution in [0.5, 0.6) is 0 Å². The summed E-state index contributed by atoms with van der Waals surface area (Å²) in [5, 5.41) is 8.86. The van der Waals surface area contributed by atoms with Crippen molar-refractivity contribution in [1.29, 1.82) is 0 Å². The number of aliphatic carboxylic acids is 1. The van der Waals surface area contributed by atoms with Crippen LogP contribution < -0.4 is 0 Å². The quantitative estimate of drug-likeness (QED) is 0.847. The van der Waals surface area contributed by atoms with E-state index in [1.165, 1.54) is 51.7 Å². The minimum absolute atomic E-state index is 0.338. The van der Waals surface area contributed by atoms with E-state index in [1.807, 2.05) is 0 Å². The minimum atomic E-state index is -0.644. The number of nitrogens with zero attached hydrogens (tertiary/aromatic N) is 2. The highest BCUT2D eigenvalue weighted by Gasteiger charge is 2.28. The van der Waals surface area contributed by atoms with Crippen molar-refractivity contribution in [3.63, 3.8) is 0 Å². The Bertz CT molecular complexity index is 333. The van der Waals surface area contributed by atoms with E-state index in [4.69, 9.17) is 5.11 Å². The van der Waals surface area contributed by atoms with Crippen molar-refractivity contribution in [2.24, 2.45) is 5.92 Å². The van der Waals surface area contributed by atoms with E-state index in [0.717, 1.165) is 19.0 Å². The second-order valence-electron chi connectivity index (χ2n) is 7.15. The Hall–Kier alpha value is -0.610. The van der Waals surface area contributed by atoms with Crippen LogP contribution in [0.1, 0.15) is 58.8 Å². The van der Waals surface area contributed by atoms with Gasteiger partial charge in [0, 0.05) is 25.0 Å². The minimum Gasteiger partial charge on any atom is -0.481 e. The molecule has 2 aliphatic heterocycles. The van der Waals surface area contributed by atoms with Gasteiger partial charge < -0.3 is 14.9 Å². The molecule has 122 valence electrons. The predicted molar refractivity (Wildman–Crippen MR) is 85.5 cm³/mol. The smallest absolute Gasteiger partial charge is 0.303 e. The molecule has 21 heavy (non-hydrogen) atoms. The zero-order valence-electron chi connectivity index (χ0n) is 13.8. The van der Waals surface area contributed by atoms with Crippen molar-refractivity contribution in [3.05, 3.63) is 0 Å².